The molecule has 3 heterocycles. The van der Waals surface area contributed by atoms with Crippen molar-refractivity contribution in [1.29, 1.82) is 0 Å². The first kappa shape index (κ1) is 19.4. The summed E-state index contributed by atoms with van der Waals surface area (Å²) in [5, 5.41) is 1.51. The summed E-state index contributed by atoms with van der Waals surface area (Å²) in [6.07, 6.45) is 1.03. The van der Waals surface area contributed by atoms with E-state index in [9.17, 15) is 9.59 Å². The summed E-state index contributed by atoms with van der Waals surface area (Å²) in [5.74, 6) is -0.0552. The van der Waals surface area contributed by atoms with Gasteiger partial charge in [0.05, 0.1) is 18.1 Å². The van der Waals surface area contributed by atoms with Gasteiger partial charge in [0.1, 0.15) is 10.4 Å². The molecule has 0 aliphatic carbocycles. The zero-order chi connectivity index (χ0) is 20.9. The van der Waals surface area contributed by atoms with E-state index < -0.39 is 12.1 Å². The average Bonchev–Trinajstić information content (AvgIpc) is 3.19. The highest BCUT2D eigenvalue weighted by Crippen LogP contribution is 2.28. The molecule has 0 bridgehead atoms. The van der Waals surface area contributed by atoms with Crippen LogP contribution in [0.3, 0.4) is 0 Å². The number of rotatable bonds is 4. The molecule has 0 aliphatic rings. The molecule has 1 N–H and O–H groups in total. The fraction of sp³-hybridized carbons (Fsp3) is 0.318. The van der Waals surface area contributed by atoms with Crippen molar-refractivity contribution in [2.75, 3.05) is 0 Å². The Labute approximate surface area is 171 Å². The van der Waals surface area contributed by atoms with Gasteiger partial charge in [0.25, 0.3) is 5.56 Å². The van der Waals surface area contributed by atoms with Crippen LogP contribution in [0.15, 0.2) is 27.6 Å². The maximum Gasteiger partial charge on any atom is 0.311 e. The van der Waals surface area contributed by atoms with Gasteiger partial charge >= 0.3 is 5.97 Å². The number of nitrogens with one attached hydrogen (secondary N) is 1. The van der Waals surface area contributed by atoms with Crippen molar-refractivity contribution >= 4 is 38.5 Å². The van der Waals surface area contributed by atoms with Crippen LogP contribution in [-0.2, 0) is 16.0 Å². The highest BCUT2D eigenvalue weighted by atomic mass is 32.1. The van der Waals surface area contributed by atoms with Gasteiger partial charge in [-0.3, -0.25) is 9.59 Å². The zero-order valence-electron chi connectivity index (χ0n) is 17.0. The molecule has 0 saturated carbocycles. The van der Waals surface area contributed by atoms with Crippen LogP contribution in [-0.4, -0.2) is 15.9 Å². The third kappa shape index (κ3) is 3.35. The van der Waals surface area contributed by atoms with Crippen LogP contribution >= 0.6 is 11.3 Å². The highest BCUT2D eigenvalue weighted by Gasteiger charge is 2.20. The molecule has 6 nitrogen and oxygen atoms in total. The molecular weight excluding hydrogens is 388 g/mol. The standard InChI is InChI=1S/C22H22N2O4S/c1-10-6-7-16-15(9-27-19(16)11(10)2)8-17(25)28-13(4)20-23-21(26)18-12(3)14(5)29-22(18)24-20/h6-7,9,13H,8H2,1-5H3,(H,23,24,26)/t13-/m1/s1. The SMILES string of the molecule is Cc1ccc2c(CC(=O)O[C@H](C)c3nc4sc(C)c(C)c4c(=O)[nH]3)coc2c1C. The minimum Gasteiger partial charge on any atom is -0.464 e. The second-order valence-electron chi connectivity index (χ2n) is 7.37. The molecule has 0 aliphatic heterocycles. The van der Waals surface area contributed by atoms with Crippen LogP contribution in [0.1, 0.15) is 46.0 Å². The molecule has 29 heavy (non-hydrogen) atoms. The fourth-order valence-electron chi connectivity index (χ4n) is 3.44. The van der Waals surface area contributed by atoms with Gasteiger partial charge in [0, 0.05) is 15.8 Å². The summed E-state index contributed by atoms with van der Waals surface area (Å²) in [4.78, 5) is 33.9. The maximum atomic E-state index is 12.5. The van der Waals surface area contributed by atoms with Crippen LogP contribution in [0.4, 0.5) is 0 Å². The van der Waals surface area contributed by atoms with E-state index >= 15 is 0 Å². The number of H-pyrrole nitrogens is 1. The number of hydrogen-bond donors (Lipinski definition) is 1. The number of benzene rings is 1. The van der Waals surface area contributed by atoms with Crippen molar-refractivity contribution in [2.45, 2.75) is 47.1 Å². The Morgan fingerprint density at radius 3 is 2.76 bits per heavy atom. The van der Waals surface area contributed by atoms with Crippen LogP contribution in [0.2, 0.25) is 0 Å². The van der Waals surface area contributed by atoms with E-state index in [1.54, 1.807) is 13.2 Å². The van der Waals surface area contributed by atoms with E-state index in [-0.39, 0.29) is 12.0 Å². The average molecular weight is 410 g/mol. The van der Waals surface area contributed by atoms with Crippen molar-refractivity contribution in [3.63, 3.8) is 0 Å². The molecule has 0 fully saturated rings. The Kier molecular flexibility index (Phi) is 4.78. The topological polar surface area (TPSA) is 85.2 Å². The first-order valence-electron chi connectivity index (χ1n) is 9.42. The summed E-state index contributed by atoms with van der Waals surface area (Å²) < 4.78 is 11.2. The van der Waals surface area contributed by atoms with Gasteiger partial charge in [-0.15, -0.1) is 11.3 Å². The smallest absolute Gasteiger partial charge is 0.311 e. The molecule has 1 aromatic carbocycles. The van der Waals surface area contributed by atoms with Gasteiger partial charge in [-0.2, -0.15) is 0 Å². The predicted molar refractivity (Wildman–Crippen MR) is 114 cm³/mol. The number of aromatic nitrogens is 2. The van der Waals surface area contributed by atoms with Crippen molar-refractivity contribution < 1.29 is 13.9 Å². The zero-order valence-corrected chi connectivity index (χ0v) is 17.8. The third-order valence-electron chi connectivity index (χ3n) is 5.43. The predicted octanol–water partition coefficient (Wildman–Crippen LogP) is 4.81. The minimum atomic E-state index is -0.663. The molecule has 0 saturated heterocycles. The van der Waals surface area contributed by atoms with E-state index in [1.807, 2.05) is 39.8 Å². The number of hydrogen-bond acceptors (Lipinski definition) is 6. The van der Waals surface area contributed by atoms with Gasteiger partial charge in [-0.1, -0.05) is 12.1 Å². The number of carbonyl (C=O) groups is 1. The lowest BCUT2D eigenvalue weighted by Crippen LogP contribution is -2.18. The lowest BCUT2D eigenvalue weighted by Gasteiger charge is -2.12. The van der Waals surface area contributed by atoms with E-state index in [1.165, 1.54) is 11.3 Å². The summed E-state index contributed by atoms with van der Waals surface area (Å²) >= 11 is 1.47. The molecular formula is C22H22N2O4S. The number of aryl methyl sites for hydroxylation is 4. The van der Waals surface area contributed by atoms with Crippen LogP contribution < -0.4 is 5.56 Å². The number of nitrogens with zero attached hydrogens (tertiary/aromatic N) is 1. The molecule has 0 unspecified atom stereocenters. The number of furan rings is 1. The number of ether oxygens (including phenoxy) is 1. The Bertz CT molecular complexity index is 1310. The van der Waals surface area contributed by atoms with Gasteiger partial charge in [0.15, 0.2) is 11.9 Å². The number of carbonyl (C=O) groups excluding carboxylic acids is 1. The summed E-state index contributed by atoms with van der Waals surface area (Å²) in [7, 11) is 0. The van der Waals surface area contributed by atoms with Crippen molar-refractivity contribution in [2.24, 2.45) is 0 Å². The quantitative estimate of drug-likeness (QED) is 0.488. The molecule has 0 spiro atoms. The molecule has 0 amide bonds. The Hall–Kier alpha value is -2.93. The minimum absolute atomic E-state index is 0.0868. The number of aromatic amines is 1. The van der Waals surface area contributed by atoms with Crippen molar-refractivity contribution in [3.8, 4) is 0 Å². The summed E-state index contributed by atoms with van der Waals surface area (Å²) in [5.41, 5.74) is 4.50. The van der Waals surface area contributed by atoms with E-state index in [4.69, 9.17) is 9.15 Å². The lowest BCUT2D eigenvalue weighted by molar-refractivity contribution is -0.148. The Morgan fingerprint density at radius 2 is 2.00 bits per heavy atom. The highest BCUT2D eigenvalue weighted by molar-refractivity contribution is 7.18. The van der Waals surface area contributed by atoms with Gasteiger partial charge in [-0.05, 0) is 51.3 Å². The molecule has 4 aromatic rings. The Morgan fingerprint density at radius 1 is 1.24 bits per heavy atom. The van der Waals surface area contributed by atoms with Crippen molar-refractivity contribution in [3.05, 3.63) is 61.7 Å². The Balaban J connectivity index is 1.55. The maximum absolute atomic E-state index is 12.5. The number of thiophene rings is 1. The molecule has 4 rings (SSSR count). The van der Waals surface area contributed by atoms with Crippen LogP contribution in [0.5, 0.6) is 0 Å². The normalized spacial score (nSPS) is 12.6. The molecule has 150 valence electrons. The van der Waals surface area contributed by atoms with Crippen LogP contribution in [0, 0.1) is 27.7 Å². The first-order valence-corrected chi connectivity index (χ1v) is 10.2. The third-order valence-corrected chi connectivity index (χ3v) is 6.53. The summed E-state index contributed by atoms with van der Waals surface area (Å²) in [6.45, 7) is 9.59. The van der Waals surface area contributed by atoms with E-state index in [0.29, 0.717) is 16.0 Å². The molecule has 3 aromatic heterocycles. The van der Waals surface area contributed by atoms with Gasteiger partial charge < -0.3 is 14.1 Å². The van der Waals surface area contributed by atoms with Gasteiger partial charge in [-0.25, -0.2) is 4.98 Å². The second-order valence-corrected chi connectivity index (χ2v) is 8.57. The number of esters is 1. The lowest BCUT2D eigenvalue weighted by atomic mass is 10.0. The van der Waals surface area contributed by atoms with Crippen molar-refractivity contribution in [1.82, 2.24) is 9.97 Å². The van der Waals surface area contributed by atoms with Gasteiger partial charge in [0.2, 0.25) is 0 Å². The first-order chi connectivity index (χ1) is 13.8. The largest absolute Gasteiger partial charge is 0.464 e. The monoisotopic (exact) mass is 410 g/mol. The number of fused-ring (bicyclic) bond motifs is 2. The molecule has 1 atom stereocenters. The molecule has 7 heteroatoms. The van der Waals surface area contributed by atoms with E-state index in [0.717, 1.165) is 38.1 Å². The van der Waals surface area contributed by atoms with Crippen LogP contribution in [0.25, 0.3) is 21.2 Å². The summed E-state index contributed by atoms with van der Waals surface area (Å²) in [6, 6.07) is 3.97. The second kappa shape index (κ2) is 7.15. The fourth-order valence-corrected chi connectivity index (χ4v) is 4.48. The molecule has 0 radical (unpaired) electrons. The van der Waals surface area contributed by atoms with E-state index in [2.05, 4.69) is 9.97 Å².